The molecule has 0 fully saturated rings. The van der Waals surface area contributed by atoms with Crippen molar-refractivity contribution in [3.05, 3.63) is 35.1 Å². The normalized spacial score (nSPS) is 10.2. The van der Waals surface area contributed by atoms with Gasteiger partial charge >= 0.3 is 0 Å². The van der Waals surface area contributed by atoms with Crippen LogP contribution in [0.15, 0.2) is 29.5 Å². The topological polar surface area (TPSA) is 72.7 Å². The molecule has 0 bridgehead atoms. The summed E-state index contributed by atoms with van der Waals surface area (Å²) < 4.78 is 2.22. The van der Waals surface area contributed by atoms with Crippen LogP contribution in [-0.4, -0.2) is 25.7 Å². The summed E-state index contributed by atoms with van der Waals surface area (Å²) in [5.41, 5.74) is 1.62. The number of halogens is 1. The molecule has 0 radical (unpaired) electrons. The van der Waals surface area contributed by atoms with Gasteiger partial charge in [0.2, 0.25) is 5.91 Å². The number of nitrogens with one attached hydrogen (secondary N) is 1. The lowest BCUT2D eigenvalue weighted by Crippen LogP contribution is -2.19. The third-order valence-corrected chi connectivity index (χ3v) is 2.90. The Morgan fingerprint density at radius 3 is 3.06 bits per heavy atom. The number of carbonyl (C=O) groups excluding carboxylic acids is 1. The fourth-order valence-corrected chi connectivity index (χ4v) is 1.51. The molecule has 2 rings (SSSR count). The number of aromatic nitrogens is 4. The largest absolute Gasteiger partial charge is 0.323 e. The Balaban J connectivity index is 2.00. The van der Waals surface area contributed by atoms with Gasteiger partial charge in [-0.25, -0.2) is 14.6 Å². The molecule has 0 aromatic carbocycles. The summed E-state index contributed by atoms with van der Waals surface area (Å²) in [5.74, 6) is -0.168. The van der Waals surface area contributed by atoms with Crippen LogP contribution < -0.4 is 5.32 Å². The van der Waals surface area contributed by atoms with Crippen molar-refractivity contribution < 1.29 is 4.79 Å². The SMILES string of the molecule is Cc1cc(NC(=O)Cn2cncn2)cnc1Br. The Hall–Kier alpha value is -1.76. The molecule has 0 aliphatic heterocycles. The summed E-state index contributed by atoms with van der Waals surface area (Å²) >= 11 is 3.30. The number of hydrogen-bond donors (Lipinski definition) is 1. The Bertz CT molecular complexity index is 525. The van der Waals surface area contributed by atoms with Gasteiger partial charge in [0.1, 0.15) is 23.8 Å². The first-order valence-electron chi connectivity index (χ1n) is 4.89. The van der Waals surface area contributed by atoms with Crippen LogP contribution in [0.4, 0.5) is 5.69 Å². The first kappa shape index (κ1) is 11.7. The van der Waals surface area contributed by atoms with Gasteiger partial charge in [0.15, 0.2) is 0 Å². The zero-order valence-corrected chi connectivity index (χ0v) is 10.7. The van der Waals surface area contributed by atoms with Crippen LogP contribution in [0.2, 0.25) is 0 Å². The van der Waals surface area contributed by atoms with E-state index in [4.69, 9.17) is 0 Å². The Labute approximate surface area is 106 Å². The van der Waals surface area contributed by atoms with Crippen LogP contribution in [0.1, 0.15) is 5.56 Å². The maximum Gasteiger partial charge on any atom is 0.246 e. The van der Waals surface area contributed by atoms with Gasteiger partial charge in [-0.2, -0.15) is 5.10 Å². The van der Waals surface area contributed by atoms with Crippen molar-refractivity contribution in [2.24, 2.45) is 0 Å². The second-order valence-corrected chi connectivity index (χ2v) is 4.22. The highest BCUT2D eigenvalue weighted by Crippen LogP contribution is 2.16. The quantitative estimate of drug-likeness (QED) is 0.869. The van der Waals surface area contributed by atoms with Crippen molar-refractivity contribution in [1.29, 1.82) is 0 Å². The minimum atomic E-state index is -0.168. The van der Waals surface area contributed by atoms with Crippen LogP contribution >= 0.6 is 15.9 Å². The van der Waals surface area contributed by atoms with Gasteiger partial charge in [-0.1, -0.05) is 0 Å². The molecule has 0 aliphatic rings. The van der Waals surface area contributed by atoms with Gasteiger partial charge in [-0.3, -0.25) is 4.79 Å². The number of aryl methyl sites for hydroxylation is 1. The molecule has 0 spiro atoms. The van der Waals surface area contributed by atoms with Crippen LogP contribution in [0.3, 0.4) is 0 Å². The zero-order valence-electron chi connectivity index (χ0n) is 9.09. The Morgan fingerprint density at radius 2 is 2.41 bits per heavy atom. The standard InChI is InChI=1S/C10H10BrN5O/c1-7-2-8(3-13-10(7)11)15-9(17)4-16-6-12-5-14-16/h2-3,5-6H,4H2,1H3,(H,15,17). The maximum atomic E-state index is 11.6. The van der Waals surface area contributed by atoms with Gasteiger partial charge in [0.25, 0.3) is 0 Å². The maximum absolute atomic E-state index is 11.6. The molecule has 88 valence electrons. The number of anilines is 1. The number of rotatable bonds is 3. The number of pyridine rings is 1. The molecule has 17 heavy (non-hydrogen) atoms. The lowest BCUT2D eigenvalue weighted by atomic mass is 10.3. The van der Waals surface area contributed by atoms with Gasteiger partial charge < -0.3 is 5.32 Å². The predicted octanol–water partition coefficient (Wildman–Crippen LogP) is 1.38. The molecular weight excluding hydrogens is 286 g/mol. The minimum Gasteiger partial charge on any atom is -0.323 e. The van der Waals surface area contributed by atoms with E-state index in [9.17, 15) is 4.79 Å². The first-order valence-corrected chi connectivity index (χ1v) is 5.69. The van der Waals surface area contributed by atoms with Crippen LogP contribution in [0, 0.1) is 6.92 Å². The van der Waals surface area contributed by atoms with E-state index in [1.54, 1.807) is 6.20 Å². The molecule has 2 heterocycles. The highest BCUT2D eigenvalue weighted by atomic mass is 79.9. The van der Waals surface area contributed by atoms with E-state index >= 15 is 0 Å². The van der Waals surface area contributed by atoms with E-state index in [0.29, 0.717) is 5.69 Å². The van der Waals surface area contributed by atoms with E-state index in [0.717, 1.165) is 10.2 Å². The molecule has 1 amide bonds. The lowest BCUT2D eigenvalue weighted by molar-refractivity contribution is -0.116. The van der Waals surface area contributed by atoms with E-state index in [1.165, 1.54) is 17.3 Å². The molecule has 7 heteroatoms. The molecule has 0 aliphatic carbocycles. The Morgan fingerprint density at radius 1 is 1.59 bits per heavy atom. The second kappa shape index (κ2) is 5.05. The van der Waals surface area contributed by atoms with Crippen LogP contribution in [0.5, 0.6) is 0 Å². The summed E-state index contributed by atoms with van der Waals surface area (Å²) in [6.07, 6.45) is 4.47. The van der Waals surface area contributed by atoms with E-state index in [2.05, 4.69) is 36.3 Å². The predicted molar refractivity (Wildman–Crippen MR) is 65.3 cm³/mol. The highest BCUT2D eigenvalue weighted by molar-refractivity contribution is 9.10. The summed E-state index contributed by atoms with van der Waals surface area (Å²) in [6.45, 7) is 2.04. The van der Waals surface area contributed by atoms with Crippen molar-refractivity contribution in [3.8, 4) is 0 Å². The van der Waals surface area contributed by atoms with E-state index in [1.807, 2.05) is 13.0 Å². The highest BCUT2D eigenvalue weighted by Gasteiger charge is 2.05. The van der Waals surface area contributed by atoms with Gasteiger partial charge in [-0.05, 0) is 34.5 Å². The summed E-state index contributed by atoms with van der Waals surface area (Å²) in [5, 5.41) is 6.59. The number of amides is 1. The van der Waals surface area contributed by atoms with Gasteiger partial charge in [0, 0.05) is 0 Å². The fraction of sp³-hybridized carbons (Fsp3) is 0.200. The molecule has 0 atom stereocenters. The van der Waals surface area contributed by atoms with E-state index in [-0.39, 0.29) is 12.5 Å². The molecular formula is C10H10BrN5O. The van der Waals surface area contributed by atoms with Crippen LogP contribution in [-0.2, 0) is 11.3 Å². The summed E-state index contributed by atoms with van der Waals surface area (Å²) in [6, 6.07) is 1.84. The van der Waals surface area contributed by atoms with Crippen molar-refractivity contribution in [3.63, 3.8) is 0 Å². The summed E-state index contributed by atoms with van der Waals surface area (Å²) in [7, 11) is 0. The average molecular weight is 296 g/mol. The smallest absolute Gasteiger partial charge is 0.246 e. The molecule has 2 aromatic heterocycles. The lowest BCUT2D eigenvalue weighted by Gasteiger charge is -2.06. The first-order chi connectivity index (χ1) is 8.15. The number of hydrogen-bond acceptors (Lipinski definition) is 4. The van der Waals surface area contributed by atoms with Gasteiger partial charge in [0.05, 0.1) is 11.9 Å². The van der Waals surface area contributed by atoms with Gasteiger partial charge in [-0.15, -0.1) is 0 Å². The Kier molecular flexibility index (Phi) is 3.48. The second-order valence-electron chi connectivity index (χ2n) is 3.47. The molecule has 6 nitrogen and oxygen atoms in total. The molecule has 2 aromatic rings. The molecule has 0 saturated carbocycles. The van der Waals surface area contributed by atoms with Crippen molar-refractivity contribution >= 4 is 27.5 Å². The third-order valence-electron chi connectivity index (χ3n) is 2.07. The van der Waals surface area contributed by atoms with E-state index < -0.39 is 0 Å². The zero-order chi connectivity index (χ0) is 12.3. The number of carbonyl (C=O) groups is 1. The third kappa shape index (κ3) is 3.10. The van der Waals surface area contributed by atoms with Crippen LogP contribution in [0.25, 0.3) is 0 Å². The average Bonchev–Trinajstić information content (AvgIpc) is 2.76. The van der Waals surface area contributed by atoms with Crippen molar-refractivity contribution in [2.45, 2.75) is 13.5 Å². The molecule has 1 N–H and O–H groups in total. The molecule has 0 unspecified atom stereocenters. The molecule has 0 saturated heterocycles. The fourth-order valence-electron chi connectivity index (χ4n) is 1.29. The van der Waals surface area contributed by atoms with Crippen molar-refractivity contribution in [1.82, 2.24) is 19.7 Å². The minimum absolute atomic E-state index is 0.134. The monoisotopic (exact) mass is 295 g/mol. The number of nitrogens with zero attached hydrogens (tertiary/aromatic N) is 4. The van der Waals surface area contributed by atoms with Crippen molar-refractivity contribution in [2.75, 3.05) is 5.32 Å². The summed E-state index contributed by atoms with van der Waals surface area (Å²) in [4.78, 5) is 19.5.